The van der Waals surface area contributed by atoms with E-state index in [4.69, 9.17) is 5.73 Å². The van der Waals surface area contributed by atoms with Crippen LogP contribution < -0.4 is 10.5 Å². The highest BCUT2D eigenvalue weighted by Crippen LogP contribution is 2.12. The maximum Gasteiger partial charge on any atom is 0.240 e. The third-order valence-corrected chi connectivity index (χ3v) is 1.96. The van der Waals surface area contributed by atoms with Crippen molar-refractivity contribution in [3.05, 3.63) is 0 Å². The minimum atomic E-state index is -3.47. The van der Waals surface area contributed by atoms with E-state index in [1.807, 2.05) is 4.72 Å². The van der Waals surface area contributed by atoms with Gasteiger partial charge in [-0.1, -0.05) is 0 Å². The Kier molecular flexibility index (Phi) is 3.23. The second kappa shape index (κ2) is 3.40. The predicted molar refractivity (Wildman–Crippen MR) is 45.8 cm³/mol. The quantitative estimate of drug-likeness (QED) is 0.606. The highest BCUT2D eigenvalue weighted by atomic mass is 32.2. The van der Waals surface area contributed by atoms with Crippen LogP contribution in [0.25, 0.3) is 0 Å². The van der Waals surface area contributed by atoms with Gasteiger partial charge in [-0.15, -0.1) is 0 Å². The molecule has 3 N–H and O–H groups in total. The zero-order valence-electron chi connectivity index (χ0n) is 7.42. The summed E-state index contributed by atoms with van der Waals surface area (Å²) in [7, 11) is -3.47. The zero-order chi connectivity index (χ0) is 9.99. The molecule has 0 radical (unpaired) electrons. The molecule has 0 aromatic heterocycles. The molecule has 0 heterocycles. The first-order valence-electron chi connectivity index (χ1n) is 3.41. The molecule has 0 unspecified atom stereocenters. The van der Waals surface area contributed by atoms with Gasteiger partial charge in [-0.25, -0.2) is 8.42 Å². The third kappa shape index (κ3) is 3.68. The maximum absolute atomic E-state index is 11.1. The molecule has 12 heavy (non-hydrogen) atoms. The number of carbonyl (C=O) groups excluding carboxylic acids is 1. The lowest BCUT2D eigenvalue weighted by atomic mass is 9.93. The molecule has 0 spiro atoms. The van der Waals surface area contributed by atoms with Gasteiger partial charge in [0.25, 0.3) is 0 Å². The number of rotatable bonds is 3. The van der Waals surface area contributed by atoms with Crippen LogP contribution in [0.1, 0.15) is 13.8 Å². The Bertz CT molecular complexity index is 269. The molecule has 0 atom stereocenters. The van der Waals surface area contributed by atoms with Crippen LogP contribution in [0.3, 0.4) is 0 Å². The predicted octanol–water partition coefficient (Wildman–Crippen LogP) is -0.953. The minimum Gasteiger partial charge on any atom is -0.329 e. The summed E-state index contributed by atoms with van der Waals surface area (Å²) in [5.41, 5.74) is 4.43. The van der Waals surface area contributed by atoms with Gasteiger partial charge in [-0.2, -0.15) is 0 Å². The Labute approximate surface area is 72.4 Å². The number of nitrogens with one attached hydrogen (secondary N) is 1. The van der Waals surface area contributed by atoms with Gasteiger partial charge in [0.05, 0.1) is 11.7 Å². The van der Waals surface area contributed by atoms with Gasteiger partial charge in [0.2, 0.25) is 15.9 Å². The number of amides is 1. The molecule has 0 aliphatic carbocycles. The fourth-order valence-electron chi connectivity index (χ4n) is 0.399. The molecule has 0 aliphatic heterocycles. The topological polar surface area (TPSA) is 89.3 Å². The number of hydrogen-bond acceptors (Lipinski definition) is 4. The van der Waals surface area contributed by atoms with Gasteiger partial charge in [0, 0.05) is 6.54 Å². The van der Waals surface area contributed by atoms with Crippen LogP contribution >= 0.6 is 0 Å². The average Bonchev–Trinajstić information content (AvgIpc) is 1.84. The van der Waals surface area contributed by atoms with Crippen molar-refractivity contribution < 1.29 is 13.2 Å². The Morgan fingerprint density at radius 3 is 2.17 bits per heavy atom. The molecule has 72 valence electrons. The Hall–Kier alpha value is -0.620. The first-order valence-corrected chi connectivity index (χ1v) is 5.30. The Morgan fingerprint density at radius 1 is 1.50 bits per heavy atom. The lowest BCUT2D eigenvalue weighted by Gasteiger charge is -2.19. The molecule has 0 aliphatic rings. The van der Waals surface area contributed by atoms with Crippen molar-refractivity contribution in [3.8, 4) is 0 Å². The standard InChI is InChI=1S/C6H14N2O3S/c1-6(2,4-7)5(9)8-12(3,10)11/h4,7H2,1-3H3,(H,8,9). The SMILES string of the molecule is CC(C)(CN)C(=O)NS(C)(=O)=O. The molecule has 0 aromatic rings. The normalized spacial score (nSPS) is 12.7. The van der Waals surface area contributed by atoms with Gasteiger partial charge < -0.3 is 5.73 Å². The summed E-state index contributed by atoms with van der Waals surface area (Å²) in [6, 6.07) is 0. The van der Waals surface area contributed by atoms with Crippen LogP contribution in [0.15, 0.2) is 0 Å². The molecule has 0 saturated carbocycles. The van der Waals surface area contributed by atoms with Gasteiger partial charge in [0.15, 0.2) is 0 Å². The van der Waals surface area contributed by atoms with Crippen molar-refractivity contribution in [2.24, 2.45) is 11.1 Å². The van der Waals surface area contributed by atoms with Crippen molar-refractivity contribution in [2.75, 3.05) is 12.8 Å². The molecule has 0 rings (SSSR count). The summed E-state index contributed by atoms with van der Waals surface area (Å²) < 4.78 is 23.1. The van der Waals surface area contributed by atoms with E-state index in [-0.39, 0.29) is 6.54 Å². The average molecular weight is 194 g/mol. The zero-order valence-corrected chi connectivity index (χ0v) is 8.23. The largest absolute Gasteiger partial charge is 0.329 e. The van der Waals surface area contributed by atoms with E-state index in [2.05, 4.69) is 0 Å². The molecule has 0 saturated heterocycles. The summed E-state index contributed by atoms with van der Waals surface area (Å²) >= 11 is 0. The fraction of sp³-hybridized carbons (Fsp3) is 0.833. The van der Waals surface area contributed by atoms with Crippen LogP contribution in [0.2, 0.25) is 0 Å². The monoisotopic (exact) mass is 194 g/mol. The second-order valence-electron chi connectivity index (χ2n) is 3.29. The maximum atomic E-state index is 11.1. The van der Waals surface area contributed by atoms with E-state index in [1.165, 1.54) is 0 Å². The fourth-order valence-corrected chi connectivity index (χ4v) is 1.01. The van der Waals surface area contributed by atoms with Crippen LogP contribution in [0, 0.1) is 5.41 Å². The first-order chi connectivity index (χ1) is 5.19. The molecule has 0 fully saturated rings. The number of sulfonamides is 1. The lowest BCUT2D eigenvalue weighted by Crippen LogP contribution is -2.43. The van der Waals surface area contributed by atoms with Crippen LogP contribution in [-0.4, -0.2) is 27.1 Å². The summed E-state index contributed by atoms with van der Waals surface area (Å²) in [4.78, 5) is 11.1. The molecule has 5 nitrogen and oxygen atoms in total. The number of carbonyl (C=O) groups is 1. The lowest BCUT2D eigenvalue weighted by molar-refractivity contribution is -0.126. The van der Waals surface area contributed by atoms with Crippen LogP contribution in [0.4, 0.5) is 0 Å². The van der Waals surface area contributed by atoms with Gasteiger partial charge in [-0.3, -0.25) is 9.52 Å². The highest BCUT2D eigenvalue weighted by molar-refractivity contribution is 7.89. The van der Waals surface area contributed by atoms with Crippen LogP contribution in [0.5, 0.6) is 0 Å². The van der Waals surface area contributed by atoms with Crippen molar-refractivity contribution >= 4 is 15.9 Å². The Balaban J connectivity index is 4.44. The molecule has 0 aromatic carbocycles. The summed E-state index contributed by atoms with van der Waals surface area (Å²) in [6.45, 7) is 3.26. The van der Waals surface area contributed by atoms with E-state index in [9.17, 15) is 13.2 Å². The number of nitrogens with two attached hydrogens (primary N) is 1. The second-order valence-corrected chi connectivity index (χ2v) is 5.04. The van der Waals surface area contributed by atoms with E-state index < -0.39 is 21.3 Å². The highest BCUT2D eigenvalue weighted by Gasteiger charge is 2.27. The minimum absolute atomic E-state index is 0.106. The van der Waals surface area contributed by atoms with Crippen molar-refractivity contribution in [3.63, 3.8) is 0 Å². The summed E-state index contributed by atoms with van der Waals surface area (Å²) in [6.07, 6.45) is 0.928. The molecular weight excluding hydrogens is 180 g/mol. The number of hydrogen-bond donors (Lipinski definition) is 2. The van der Waals surface area contributed by atoms with E-state index in [0.717, 1.165) is 6.26 Å². The first kappa shape index (κ1) is 11.4. The smallest absolute Gasteiger partial charge is 0.240 e. The van der Waals surface area contributed by atoms with E-state index in [1.54, 1.807) is 13.8 Å². The molecule has 6 heteroatoms. The van der Waals surface area contributed by atoms with Crippen molar-refractivity contribution in [2.45, 2.75) is 13.8 Å². The van der Waals surface area contributed by atoms with Gasteiger partial charge >= 0.3 is 0 Å². The molecule has 0 bridgehead atoms. The van der Waals surface area contributed by atoms with Crippen LogP contribution in [-0.2, 0) is 14.8 Å². The summed E-state index contributed by atoms with van der Waals surface area (Å²) in [5, 5.41) is 0. The van der Waals surface area contributed by atoms with Gasteiger partial charge in [0.1, 0.15) is 0 Å². The Morgan fingerprint density at radius 2 is 1.92 bits per heavy atom. The summed E-state index contributed by atoms with van der Waals surface area (Å²) in [5.74, 6) is -0.576. The van der Waals surface area contributed by atoms with Gasteiger partial charge in [-0.05, 0) is 13.8 Å². The molecule has 1 amide bonds. The van der Waals surface area contributed by atoms with E-state index in [0.29, 0.717) is 0 Å². The van der Waals surface area contributed by atoms with Crippen molar-refractivity contribution in [1.29, 1.82) is 0 Å². The third-order valence-electron chi connectivity index (χ3n) is 1.40. The van der Waals surface area contributed by atoms with Crippen molar-refractivity contribution in [1.82, 2.24) is 4.72 Å². The van der Waals surface area contributed by atoms with E-state index >= 15 is 0 Å². The molecular formula is C6H14N2O3S.